The summed E-state index contributed by atoms with van der Waals surface area (Å²) >= 11 is 3.42. The fraction of sp³-hybridized carbons (Fsp3) is 0.188. The summed E-state index contributed by atoms with van der Waals surface area (Å²) in [5, 5.41) is 0. The van der Waals surface area contributed by atoms with Crippen LogP contribution in [0.3, 0.4) is 0 Å². The lowest BCUT2D eigenvalue weighted by Crippen LogP contribution is -2.03. The summed E-state index contributed by atoms with van der Waals surface area (Å²) in [7, 11) is 1.59. The molecule has 0 spiro atoms. The number of halogens is 1. The van der Waals surface area contributed by atoms with Gasteiger partial charge in [0.1, 0.15) is 11.5 Å². The molecule has 2 aromatic carbocycles. The molecule has 3 nitrogen and oxygen atoms in total. The lowest BCUT2D eigenvalue weighted by atomic mass is 10.0. The van der Waals surface area contributed by atoms with Crippen LogP contribution >= 0.6 is 15.9 Å². The molecule has 2 aromatic rings. The number of hydrogen-bond acceptors (Lipinski definition) is 3. The first kappa shape index (κ1) is 13.2. The quantitative estimate of drug-likeness (QED) is 0.805. The van der Waals surface area contributed by atoms with Crippen molar-refractivity contribution in [2.45, 2.75) is 6.42 Å². The van der Waals surface area contributed by atoms with E-state index in [2.05, 4.69) is 15.9 Å². The highest BCUT2D eigenvalue weighted by Gasteiger charge is 2.18. The van der Waals surface area contributed by atoms with Gasteiger partial charge in [-0.25, -0.2) is 0 Å². The minimum Gasteiger partial charge on any atom is -0.497 e. The fourth-order valence-corrected chi connectivity index (χ4v) is 2.72. The molecule has 0 radical (unpaired) electrons. The summed E-state index contributed by atoms with van der Waals surface area (Å²) in [6.45, 7) is 0.690. The molecule has 3 rings (SSSR count). The number of benzene rings is 2. The number of carbonyl (C=O) groups excluding carboxylic acids is 1. The van der Waals surface area contributed by atoms with Gasteiger partial charge in [0.15, 0.2) is 5.78 Å². The minimum absolute atomic E-state index is 0.0227. The highest BCUT2D eigenvalue weighted by atomic mass is 79.9. The monoisotopic (exact) mass is 332 g/mol. The molecule has 0 bridgehead atoms. The number of rotatable bonds is 3. The van der Waals surface area contributed by atoms with Crippen molar-refractivity contribution in [3.05, 3.63) is 57.6 Å². The Morgan fingerprint density at radius 3 is 2.90 bits per heavy atom. The number of ketones is 1. The van der Waals surface area contributed by atoms with E-state index in [1.54, 1.807) is 19.2 Å². The van der Waals surface area contributed by atoms with E-state index >= 15 is 0 Å². The molecule has 4 heteroatoms. The molecule has 0 fully saturated rings. The molecule has 0 saturated heterocycles. The first-order valence-corrected chi connectivity index (χ1v) is 7.12. The summed E-state index contributed by atoms with van der Waals surface area (Å²) in [4.78, 5) is 12.6. The van der Waals surface area contributed by atoms with Gasteiger partial charge in [-0.15, -0.1) is 0 Å². The average molecular weight is 333 g/mol. The second-order valence-electron chi connectivity index (χ2n) is 4.60. The van der Waals surface area contributed by atoms with Crippen molar-refractivity contribution in [1.82, 2.24) is 0 Å². The van der Waals surface area contributed by atoms with E-state index in [-0.39, 0.29) is 5.78 Å². The zero-order valence-electron chi connectivity index (χ0n) is 11.0. The molecule has 0 aliphatic carbocycles. The molecule has 0 atom stereocenters. The van der Waals surface area contributed by atoms with Crippen molar-refractivity contribution in [3.8, 4) is 11.5 Å². The Kier molecular flexibility index (Phi) is 3.49. The fourth-order valence-electron chi connectivity index (χ4n) is 2.29. The third kappa shape index (κ3) is 2.31. The van der Waals surface area contributed by atoms with Gasteiger partial charge in [-0.05, 0) is 42.0 Å². The summed E-state index contributed by atoms with van der Waals surface area (Å²) in [6, 6.07) is 11.0. The van der Waals surface area contributed by atoms with Crippen molar-refractivity contribution < 1.29 is 14.3 Å². The van der Waals surface area contributed by atoms with Crippen molar-refractivity contribution in [1.29, 1.82) is 0 Å². The molecule has 1 aliphatic rings. The largest absolute Gasteiger partial charge is 0.497 e. The second kappa shape index (κ2) is 5.29. The molecule has 0 amide bonds. The van der Waals surface area contributed by atoms with Crippen LogP contribution in [0.15, 0.2) is 40.9 Å². The molecule has 0 saturated carbocycles. The number of carbonyl (C=O) groups is 1. The Labute approximate surface area is 125 Å². The maximum atomic E-state index is 12.6. The molecule has 1 heterocycles. The molecule has 20 heavy (non-hydrogen) atoms. The lowest BCUT2D eigenvalue weighted by Gasteiger charge is -2.08. The normalized spacial score (nSPS) is 12.7. The Hall–Kier alpha value is -1.81. The predicted octanol–water partition coefficient (Wildman–Crippen LogP) is 3.62. The van der Waals surface area contributed by atoms with Gasteiger partial charge in [0.25, 0.3) is 0 Å². The number of fused-ring (bicyclic) bond motifs is 1. The van der Waals surface area contributed by atoms with E-state index in [1.165, 1.54) is 0 Å². The van der Waals surface area contributed by atoms with Crippen LogP contribution < -0.4 is 9.47 Å². The summed E-state index contributed by atoms with van der Waals surface area (Å²) < 4.78 is 11.4. The van der Waals surface area contributed by atoms with E-state index in [0.29, 0.717) is 23.5 Å². The van der Waals surface area contributed by atoms with Gasteiger partial charge in [0, 0.05) is 22.0 Å². The van der Waals surface area contributed by atoms with Crippen LogP contribution in [-0.4, -0.2) is 19.5 Å². The van der Waals surface area contributed by atoms with E-state index in [9.17, 15) is 4.79 Å². The molecular weight excluding hydrogens is 320 g/mol. The summed E-state index contributed by atoms with van der Waals surface area (Å²) in [5.74, 6) is 1.53. The van der Waals surface area contributed by atoms with Crippen LogP contribution in [0.1, 0.15) is 21.5 Å². The van der Waals surface area contributed by atoms with Gasteiger partial charge < -0.3 is 9.47 Å². The van der Waals surface area contributed by atoms with Gasteiger partial charge in [0.05, 0.1) is 13.7 Å². The van der Waals surface area contributed by atoms with Crippen LogP contribution in [0.4, 0.5) is 0 Å². The molecule has 0 unspecified atom stereocenters. The smallest absolute Gasteiger partial charge is 0.194 e. The maximum absolute atomic E-state index is 12.6. The number of ether oxygens (including phenoxy) is 2. The Balaban J connectivity index is 2.00. The highest BCUT2D eigenvalue weighted by molar-refractivity contribution is 9.10. The second-order valence-corrected chi connectivity index (χ2v) is 5.45. The minimum atomic E-state index is -0.0227. The van der Waals surface area contributed by atoms with Crippen LogP contribution in [0.5, 0.6) is 11.5 Å². The highest BCUT2D eigenvalue weighted by Crippen LogP contribution is 2.29. The van der Waals surface area contributed by atoms with Gasteiger partial charge in [-0.3, -0.25) is 4.79 Å². The van der Waals surface area contributed by atoms with E-state index in [0.717, 1.165) is 22.2 Å². The van der Waals surface area contributed by atoms with Crippen molar-refractivity contribution in [3.63, 3.8) is 0 Å². The standard InChI is InChI=1S/C16H13BrO3/c1-19-12-3-4-14(17)13(9-12)16(18)11-2-5-15-10(8-11)6-7-20-15/h2-5,8-9H,6-7H2,1H3. The van der Waals surface area contributed by atoms with Crippen molar-refractivity contribution in [2.24, 2.45) is 0 Å². The Bertz CT molecular complexity index is 679. The van der Waals surface area contributed by atoms with Crippen molar-refractivity contribution in [2.75, 3.05) is 13.7 Å². The molecule has 102 valence electrons. The topological polar surface area (TPSA) is 35.5 Å². The average Bonchev–Trinajstić information content (AvgIpc) is 2.94. The third-order valence-electron chi connectivity index (χ3n) is 3.37. The molecule has 1 aliphatic heterocycles. The first-order valence-electron chi connectivity index (χ1n) is 6.33. The lowest BCUT2D eigenvalue weighted by molar-refractivity contribution is 0.103. The third-order valence-corrected chi connectivity index (χ3v) is 4.06. The van der Waals surface area contributed by atoms with Gasteiger partial charge >= 0.3 is 0 Å². The Morgan fingerprint density at radius 2 is 2.10 bits per heavy atom. The van der Waals surface area contributed by atoms with Crippen LogP contribution in [0.25, 0.3) is 0 Å². The van der Waals surface area contributed by atoms with Gasteiger partial charge in [-0.2, -0.15) is 0 Å². The van der Waals surface area contributed by atoms with E-state index in [4.69, 9.17) is 9.47 Å². The number of hydrogen-bond donors (Lipinski definition) is 0. The number of methoxy groups -OCH3 is 1. The summed E-state index contributed by atoms with van der Waals surface area (Å²) in [6.07, 6.45) is 0.857. The van der Waals surface area contributed by atoms with Crippen molar-refractivity contribution >= 4 is 21.7 Å². The van der Waals surface area contributed by atoms with Crippen LogP contribution in [0, 0.1) is 0 Å². The van der Waals surface area contributed by atoms with E-state index in [1.807, 2.05) is 24.3 Å². The SMILES string of the molecule is COc1ccc(Br)c(C(=O)c2ccc3c(c2)CCO3)c1. The molecule has 0 N–H and O–H groups in total. The van der Waals surface area contributed by atoms with Crippen LogP contribution in [-0.2, 0) is 6.42 Å². The maximum Gasteiger partial charge on any atom is 0.194 e. The first-order chi connectivity index (χ1) is 9.69. The van der Waals surface area contributed by atoms with E-state index < -0.39 is 0 Å². The zero-order valence-corrected chi connectivity index (χ0v) is 12.6. The Morgan fingerprint density at radius 1 is 1.25 bits per heavy atom. The molecule has 0 aromatic heterocycles. The zero-order chi connectivity index (χ0) is 14.1. The predicted molar refractivity (Wildman–Crippen MR) is 79.8 cm³/mol. The molecular formula is C16H13BrO3. The van der Waals surface area contributed by atoms with Crippen LogP contribution in [0.2, 0.25) is 0 Å². The summed E-state index contributed by atoms with van der Waals surface area (Å²) in [5.41, 5.74) is 2.36. The van der Waals surface area contributed by atoms with Gasteiger partial charge in [-0.1, -0.05) is 15.9 Å². The van der Waals surface area contributed by atoms with Gasteiger partial charge in [0.2, 0.25) is 0 Å².